The average molecular weight is 429 g/mol. The highest BCUT2D eigenvalue weighted by Gasteiger charge is 2.48. The van der Waals surface area contributed by atoms with Gasteiger partial charge in [-0.05, 0) is 30.3 Å². The molecule has 5 rings (SSSR count). The lowest BCUT2D eigenvalue weighted by molar-refractivity contribution is -0.144. The van der Waals surface area contributed by atoms with Crippen molar-refractivity contribution in [3.8, 4) is 22.8 Å². The summed E-state index contributed by atoms with van der Waals surface area (Å²) in [6.07, 6.45) is 5.25. The monoisotopic (exact) mass is 429 g/mol. The second-order valence-electron chi connectivity index (χ2n) is 7.45. The van der Waals surface area contributed by atoms with Gasteiger partial charge >= 0.3 is 0 Å². The summed E-state index contributed by atoms with van der Waals surface area (Å²) in [5.41, 5.74) is 1.30. The molecule has 10 heteroatoms. The normalized spacial score (nSPS) is 18.2. The Morgan fingerprint density at radius 2 is 1.78 bits per heavy atom. The van der Waals surface area contributed by atoms with Crippen molar-refractivity contribution >= 4 is 17.5 Å². The number of aromatic nitrogens is 5. The molecule has 160 valence electrons. The van der Waals surface area contributed by atoms with Crippen LogP contribution in [0.3, 0.4) is 0 Å². The molecule has 0 bridgehead atoms. The van der Waals surface area contributed by atoms with Crippen molar-refractivity contribution < 1.29 is 14.4 Å². The third-order valence-electron chi connectivity index (χ3n) is 5.29. The molecule has 32 heavy (non-hydrogen) atoms. The fraction of sp³-hybridized carbons (Fsp3) is 0.182. The Hall–Kier alpha value is -4.18. The first-order chi connectivity index (χ1) is 15.5. The zero-order chi connectivity index (χ0) is 22.1. The fourth-order valence-corrected chi connectivity index (χ4v) is 3.52. The van der Waals surface area contributed by atoms with Crippen molar-refractivity contribution in [3.05, 3.63) is 66.8 Å². The van der Waals surface area contributed by atoms with Crippen molar-refractivity contribution in [1.82, 2.24) is 30.0 Å². The van der Waals surface area contributed by atoms with Crippen molar-refractivity contribution in [2.45, 2.75) is 12.0 Å². The summed E-state index contributed by atoms with van der Waals surface area (Å²) in [5.74, 6) is 0.132. The van der Waals surface area contributed by atoms with Crippen LogP contribution in [0.5, 0.6) is 0 Å². The van der Waals surface area contributed by atoms with Crippen LogP contribution in [0.1, 0.15) is 12.2 Å². The molecule has 0 aromatic carbocycles. The fourth-order valence-electron chi connectivity index (χ4n) is 3.52. The molecule has 0 saturated carbocycles. The Kier molecular flexibility index (Phi) is 4.83. The van der Waals surface area contributed by atoms with Gasteiger partial charge in [0.05, 0.1) is 17.1 Å². The number of carbonyl (C=O) groups excluding carboxylic acids is 1. The molecule has 0 radical (unpaired) electrons. The van der Waals surface area contributed by atoms with Crippen LogP contribution >= 0.6 is 0 Å². The van der Waals surface area contributed by atoms with Gasteiger partial charge < -0.3 is 19.8 Å². The van der Waals surface area contributed by atoms with Gasteiger partial charge in [0.25, 0.3) is 5.91 Å². The number of anilines is 2. The molecule has 0 unspecified atom stereocenters. The topological polar surface area (TPSA) is 130 Å². The predicted octanol–water partition coefficient (Wildman–Crippen LogP) is 2.38. The minimum absolute atomic E-state index is 0.111. The molecule has 4 aromatic rings. The van der Waals surface area contributed by atoms with E-state index in [1.807, 2.05) is 24.3 Å². The summed E-state index contributed by atoms with van der Waals surface area (Å²) in [4.78, 5) is 31.2. The zero-order valence-corrected chi connectivity index (χ0v) is 17.1. The maximum absolute atomic E-state index is 12.3. The molecule has 5 heterocycles. The Labute approximate surface area is 183 Å². The Bertz CT molecular complexity index is 1280. The molecule has 1 fully saturated rings. The third kappa shape index (κ3) is 3.56. The van der Waals surface area contributed by atoms with E-state index >= 15 is 0 Å². The molecule has 1 saturated heterocycles. The maximum Gasteiger partial charge on any atom is 0.262 e. The quantitative estimate of drug-likeness (QED) is 0.491. The molecular weight excluding hydrogens is 410 g/mol. The Morgan fingerprint density at radius 1 is 1.03 bits per heavy atom. The highest BCUT2D eigenvalue weighted by atomic mass is 16.5. The smallest absolute Gasteiger partial charge is 0.262 e. The van der Waals surface area contributed by atoms with E-state index in [-0.39, 0.29) is 12.2 Å². The van der Waals surface area contributed by atoms with Crippen molar-refractivity contribution in [2.24, 2.45) is 0 Å². The number of likely N-dealkylation sites (N-methyl/N-ethyl adjacent to an activating group) is 1. The van der Waals surface area contributed by atoms with Gasteiger partial charge in [0.2, 0.25) is 11.5 Å². The number of amides is 1. The molecule has 4 aromatic heterocycles. The van der Waals surface area contributed by atoms with Crippen LogP contribution in [0.2, 0.25) is 0 Å². The van der Waals surface area contributed by atoms with E-state index in [9.17, 15) is 9.90 Å². The summed E-state index contributed by atoms with van der Waals surface area (Å²) in [5, 5.41) is 17.9. The van der Waals surface area contributed by atoms with Crippen LogP contribution < -0.4 is 5.32 Å². The van der Waals surface area contributed by atoms with Gasteiger partial charge in [-0.15, -0.1) is 0 Å². The molecule has 0 spiro atoms. The number of carbonyl (C=O) groups is 1. The van der Waals surface area contributed by atoms with Gasteiger partial charge in [-0.2, -0.15) is 0 Å². The predicted molar refractivity (Wildman–Crippen MR) is 114 cm³/mol. The Balaban J connectivity index is 1.42. The molecule has 10 nitrogen and oxygen atoms in total. The van der Waals surface area contributed by atoms with E-state index in [4.69, 9.17) is 4.52 Å². The molecule has 2 N–H and O–H groups in total. The first-order valence-corrected chi connectivity index (χ1v) is 9.96. The number of hydrogen-bond acceptors (Lipinski definition) is 9. The van der Waals surface area contributed by atoms with E-state index in [0.29, 0.717) is 35.3 Å². The standard InChI is InChI=1S/C22H19N7O3/c1-29-12-8-22(31,20(29)30)19-13-18(28-32-19)16-4-2-3-15(26-16)17-7-11-24-21(27-17)25-14-5-9-23-10-6-14/h2-7,9-11,13,31H,8,12H2,1H3,(H,23,24,25,27)/t22-/m1/s1. The number of rotatable bonds is 5. The van der Waals surface area contributed by atoms with Crippen LogP contribution in [0.4, 0.5) is 11.6 Å². The number of nitrogens with one attached hydrogen (secondary N) is 1. The molecular formula is C22H19N7O3. The summed E-state index contributed by atoms with van der Waals surface area (Å²) in [6, 6.07) is 12.4. The van der Waals surface area contributed by atoms with Gasteiger partial charge in [-0.3, -0.25) is 9.78 Å². The van der Waals surface area contributed by atoms with Crippen LogP contribution in [-0.2, 0) is 10.4 Å². The number of pyridine rings is 2. The number of aliphatic hydroxyl groups is 1. The van der Waals surface area contributed by atoms with E-state index in [2.05, 4.69) is 30.4 Å². The second-order valence-corrected chi connectivity index (χ2v) is 7.45. The van der Waals surface area contributed by atoms with Crippen molar-refractivity contribution in [3.63, 3.8) is 0 Å². The van der Waals surface area contributed by atoms with Crippen LogP contribution in [0, 0.1) is 0 Å². The molecule has 1 amide bonds. The maximum atomic E-state index is 12.3. The van der Waals surface area contributed by atoms with Gasteiger partial charge in [0, 0.05) is 50.4 Å². The summed E-state index contributed by atoms with van der Waals surface area (Å²) in [6.45, 7) is 0.447. The van der Waals surface area contributed by atoms with E-state index < -0.39 is 11.5 Å². The van der Waals surface area contributed by atoms with Gasteiger partial charge in [0.1, 0.15) is 5.69 Å². The van der Waals surface area contributed by atoms with Gasteiger partial charge in [-0.1, -0.05) is 11.2 Å². The van der Waals surface area contributed by atoms with Crippen LogP contribution in [0.25, 0.3) is 22.8 Å². The van der Waals surface area contributed by atoms with E-state index in [1.165, 1.54) is 4.90 Å². The first-order valence-electron chi connectivity index (χ1n) is 9.96. The minimum atomic E-state index is -1.70. The van der Waals surface area contributed by atoms with Crippen molar-refractivity contribution in [1.29, 1.82) is 0 Å². The van der Waals surface area contributed by atoms with Crippen LogP contribution in [-0.4, -0.2) is 54.6 Å². The molecule has 1 atom stereocenters. The highest BCUT2D eigenvalue weighted by molar-refractivity contribution is 5.87. The SMILES string of the molecule is CN1CC[C@@](O)(c2cc(-c3cccc(-c4ccnc(Nc5ccncc5)n4)n3)no2)C1=O. The van der Waals surface area contributed by atoms with Crippen molar-refractivity contribution in [2.75, 3.05) is 18.9 Å². The summed E-state index contributed by atoms with van der Waals surface area (Å²) < 4.78 is 5.33. The molecule has 1 aliphatic heterocycles. The lowest BCUT2D eigenvalue weighted by Gasteiger charge is -2.16. The lowest BCUT2D eigenvalue weighted by atomic mass is 9.98. The number of hydrogen-bond donors (Lipinski definition) is 2. The van der Waals surface area contributed by atoms with Gasteiger partial charge in [0.15, 0.2) is 5.76 Å². The Morgan fingerprint density at radius 3 is 2.53 bits per heavy atom. The summed E-state index contributed by atoms with van der Waals surface area (Å²) in [7, 11) is 1.64. The largest absolute Gasteiger partial charge is 0.373 e. The third-order valence-corrected chi connectivity index (χ3v) is 5.29. The second kappa shape index (κ2) is 7.82. The number of nitrogens with zero attached hydrogens (tertiary/aromatic N) is 6. The minimum Gasteiger partial charge on any atom is -0.373 e. The average Bonchev–Trinajstić information content (AvgIpc) is 3.43. The van der Waals surface area contributed by atoms with E-state index in [1.54, 1.807) is 43.8 Å². The first kappa shape index (κ1) is 19.8. The number of likely N-dealkylation sites (tertiary alicyclic amines) is 1. The molecule has 0 aliphatic carbocycles. The molecule has 1 aliphatic rings. The van der Waals surface area contributed by atoms with Gasteiger partial charge in [-0.25, -0.2) is 15.0 Å². The zero-order valence-electron chi connectivity index (χ0n) is 17.1. The summed E-state index contributed by atoms with van der Waals surface area (Å²) >= 11 is 0. The van der Waals surface area contributed by atoms with Crippen LogP contribution in [0.15, 0.2) is 65.6 Å². The highest BCUT2D eigenvalue weighted by Crippen LogP contribution is 2.34. The van der Waals surface area contributed by atoms with E-state index in [0.717, 1.165) is 5.69 Å². The lowest BCUT2D eigenvalue weighted by Crippen LogP contribution is -2.35.